The standard InChI is InChI=1S/C42H62N4O9.CH4/c1-11-33-42(8)36(45-40(50)55-42)28(6)43-22-24(2)21-41(7,51-18-14-15-29-20-30-16-12-13-17-31(30)44-23-29)37(26(4)34(47)27(5)38(49)53-33)54-39-35(48)32(46(9)10)19-25(3)52-39;/h12-17,20,23-28,32-33,35-37,39,43,48H,11,18-19,21-22H2,1-10H3,(H,45,50);1H4/b15-14+;/t24-,25-,26+,27?,28-,32?,33-,35?,36-,37?,39+,41-,42-;/m1./s1. The third kappa shape index (κ3) is 9.97. The van der Waals surface area contributed by atoms with Gasteiger partial charge in [0, 0.05) is 29.6 Å². The number of cyclic esters (lactones) is 1. The second kappa shape index (κ2) is 18.9. The van der Waals surface area contributed by atoms with E-state index in [2.05, 4.69) is 28.6 Å². The minimum atomic E-state index is -1.18. The van der Waals surface area contributed by atoms with Gasteiger partial charge < -0.3 is 44.3 Å². The van der Waals surface area contributed by atoms with Gasteiger partial charge in [-0.2, -0.15) is 0 Å². The average molecular weight is 783 g/mol. The second-order valence-electron chi connectivity index (χ2n) is 16.6. The van der Waals surface area contributed by atoms with Gasteiger partial charge in [-0.3, -0.25) is 14.6 Å². The molecular formula is C43H66N4O9. The van der Waals surface area contributed by atoms with Crippen LogP contribution in [0.1, 0.15) is 87.6 Å². The maximum atomic E-state index is 14.5. The first-order valence-electron chi connectivity index (χ1n) is 19.7. The summed E-state index contributed by atoms with van der Waals surface area (Å²) in [6, 6.07) is 8.92. The SMILES string of the molecule is C.CC[C@H]1OC(=O)C(C)C(=O)[C@H](C)C(O[C@@H]2O[C@H](C)CC(N(C)C)C2O)[C@](C)(OC/C=C/c2cnc3ccccc3c2)C[C@@H](C)CN[C@H](C)[C@H]2NC(=O)O[C@@]21C. The van der Waals surface area contributed by atoms with Gasteiger partial charge in [0.15, 0.2) is 17.7 Å². The maximum absolute atomic E-state index is 14.5. The Morgan fingerprint density at radius 1 is 1.09 bits per heavy atom. The lowest BCUT2D eigenvalue weighted by atomic mass is 9.78. The predicted octanol–water partition coefficient (Wildman–Crippen LogP) is 5.52. The molecule has 4 heterocycles. The van der Waals surface area contributed by atoms with E-state index in [1.54, 1.807) is 13.8 Å². The normalized spacial score (nSPS) is 37.6. The number of fused-ring (bicyclic) bond motifs is 2. The van der Waals surface area contributed by atoms with Gasteiger partial charge in [-0.05, 0) is 98.1 Å². The van der Waals surface area contributed by atoms with E-state index in [0.29, 0.717) is 25.8 Å². The summed E-state index contributed by atoms with van der Waals surface area (Å²) in [5.74, 6) is -3.25. The summed E-state index contributed by atoms with van der Waals surface area (Å²) in [6.45, 7) is 15.5. The molecule has 13 nitrogen and oxygen atoms in total. The number of carbonyl (C=O) groups is 3. The van der Waals surface area contributed by atoms with Gasteiger partial charge in [-0.1, -0.05) is 58.5 Å². The summed E-state index contributed by atoms with van der Waals surface area (Å²) >= 11 is 0. The summed E-state index contributed by atoms with van der Waals surface area (Å²) in [7, 11) is 3.81. The molecule has 5 rings (SSSR count). The van der Waals surface area contributed by atoms with Crippen molar-refractivity contribution in [2.24, 2.45) is 17.8 Å². The number of alkyl carbamates (subject to hydrolysis) is 1. The number of hydrogen-bond donors (Lipinski definition) is 3. The molecule has 0 bridgehead atoms. The van der Waals surface area contributed by atoms with Crippen molar-refractivity contribution in [3.05, 3.63) is 48.2 Å². The lowest BCUT2D eigenvalue weighted by Gasteiger charge is -2.47. The number of nitrogens with zero attached hydrogens (tertiary/aromatic N) is 2. The fourth-order valence-corrected chi connectivity index (χ4v) is 8.68. The van der Waals surface area contributed by atoms with Crippen molar-refractivity contribution in [3.63, 3.8) is 0 Å². The highest BCUT2D eigenvalue weighted by atomic mass is 16.7. The fourth-order valence-electron chi connectivity index (χ4n) is 8.68. The molecule has 0 spiro atoms. The summed E-state index contributed by atoms with van der Waals surface area (Å²) < 4.78 is 31.7. The Morgan fingerprint density at radius 3 is 2.50 bits per heavy atom. The van der Waals surface area contributed by atoms with Crippen LogP contribution in [0.2, 0.25) is 0 Å². The maximum Gasteiger partial charge on any atom is 0.408 e. The summed E-state index contributed by atoms with van der Waals surface area (Å²) in [4.78, 5) is 47.5. The Morgan fingerprint density at radius 2 is 1.80 bits per heavy atom. The average Bonchev–Trinajstić information content (AvgIpc) is 3.47. The summed E-state index contributed by atoms with van der Waals surface area (Å²) in [6.07, 6.45) is 2.37. The number of aliphatic hydroxyl groups is 1. The monoisotopic (exact) mass is 782 g/mol. The Kier molecular flexibility index (Phi) is 15.2. The van der Waals surface area contributed by atoms with Crippen molar-refractivity contribution in [1.82, 2.24) is 20.5 Å². The number of nitrogens with one attached hydrogen (secondary N) is 2. The number of pyridine rings is 1. The highest BCUT2D eigenvalue weighted by Crippen LogP contribution is 2.38. The molecule has 312 valence electrons. The molecule has 3 aliphatic heterocycles. The van der Waals surface area contributed by atoms with E-state index in [1.165, 1.54) is 6.92 Å². The molecule has 3 saturated heterocycles. The third-order valence-electron chi connectivity index (χ3n) is 11.8. The molecule has 4 unspecified atom stereocenters. The van der Waals surface area contributed by atoms with E-state index in [0.717, 1.165) is 16.5 Å². The largest absolute Gasteiger partial charge is 0.458 e. The van der Waals surface area contributed by atoms with Gasteiger partial charge in [-0.25, -0.2) is 4.79 Å². The van der Waals surface area contributed by atoms with Crippen LogP contribution in [0.4, 0.5) is 4.79 Å². The zero-order valence-electron chi connectivity index (χ0n) is 34.1. The van der Waals surface area contributed by atoms with Crippen molar-refractivity contribution in [1.29, 1.82) is 0 Å². The van der Waals surface area contributed by atoms with Crippen LogP contribution in [-0.4, -0.2) is 120 Å². The molecule has 13 atom stereocenters. The molecule has 3 aliphatic rings. The Bertz CT molecular complexity index is 1690. The van der Waals surface area contributed by atoms with Crippen LogP contribution in [0.25, 0.3) is 17.0 Å². The molecule has 3 fully saturated rings. The molecule has 1 amide bonds. The van der Waals surface area contributed by atoms with Gasteiger partial charge in [0.25, 0.3) is 0 Å². The van der Waals surface area contributed by atoms with Gasteiger partial charge in [0.2, 0.25) is 0 Å². The minimum absolute atomic E-state index is 0. The van der Waals surface area contributed by atoms with E-state index < -0.39 is 71.5 Å². The third-order valence-corrected chi connectivity index (χ3v) is 11.8. The van der Waals surface area contributed by atoms with Gasteiger partial charge in [0.05, 0.1) is 36.0 Å². The van der Waals surface area contributed by atoms with Crippen molar-refractivity contribution in [2.45, 2.75) is 142 Å². The number of amides is 1. The number of Topliss-reactive ketones (excluding diaryl/α,β-unsaturated/α-hetero) is 1. The highest BCUT2D eigenvalue weighted by Gasteiger charge is 2.55. The zero-order chi connectivity index (χ0) is 40.2. The molecule has 56 heavy (non-hydrogen) atoms. The molecule has 0 aliphatic carbocycles. The van der Waals surface area contributed by atoms with E-state index in [1.807, 2.05) is 89.3 Å². The summed E-state index contributed by atoms with van der Waals surface area (Å²) in [5.41, 5.74) is -0.496. The Labute approximate surface area is 333 Å². The van der Waals surface area contributed by atoms with E-state index in [4.69, 9.17) is 23.7 Å². The number of likely N-dealkylation sites (N-methyl/N-ethyl adjacent to an activating group) is 1. The second-order valence-corrected chi connectivity index (χ2v) is 16.6. The predicted molar refractivity (Wildman–Crippen MR) is 216 cm³/mol. The fraction of sp³-hybridized carbons (Fsp3) is 0.674. The first-order valence-corrected chi connectivity index (χ1v) is 19.7. The van der Waals surface area contributed by atoms with Crippen LogP contribution in [0, 0.1) is 17.8 Å². The number of aromatic nitrogens is 1. The molecular weight excluding hydrogens is 716 g/mol. The van der Waals surface area contributed by atoms with Gasteiger partial charge >= 0.3 is 12.1 Å². The lowest BCUT2D eigenvalue weighted by Crippen LogP contribution is -2.60. The quantitative estimate of drug-likeness (QED) is 0.228. The number of ketones is 1. The van der Waals surface area contributed by atoms with E-state index in [-0.39, 0.29) is 38.1 Å². The number of ether oxygens (including phenoxy) is 5. The Hall–Kier alpha value is -3.46. The highest BCUT2D eigenvalue weighted by molar-refractivity contribution is 6.00. The van der Waals surface area contributed by atoms with Crippen molar-refractivity contribution < 1.29 is 43.2 Å². The number of carbonyl (C=O) groups excluding carboxylic acids is 3. The van der Waals surface area contributed by atoms with Gasteiger partial charge in [-0.15, -0.1) is 0 Å². The smallest absolute Gasteiger partial charge is 0.408 e. The number of benzene rings is 1. The van der Waals surface area contributed by atoms with Crippen molar-refractivity contribution in [3.8, 4) is 0 Å². The molecule has 0 radical (unpaired) electrons. The molecule has 0 saturated carbocycles. The van der Waals surface area contributed by atoms with Crippen LogP contribution in [0.3, 0.4) is 0 Å². The first kappa shape index (κ1) is 45.2. The number of rotatable bonds is 8. The molecule has 1 aromatic heterocycles. The summed E-state index contributed by atoms with van der Waals surface area (Å²) in [5, 5.41) is 19.1. The number of hydrogen-bond acceptors (Lipinski definition) is 12. The topological polar surface area (TPSA) is 158 Å². The van der Waals surface area contributed by atoms with E-state index >= 15 is 0 Å². The molecule has 1 aromatic carbocycles. The van der Waals surface area contributed by atoms with Gasteiger partial charge in [0.1, 0.15) is 18.1 Å². The molecule has 13 heteroatoms. The zero-order valence-corrected chi connectivity index (χ0v) is 34.1. The van der Waals surface area contributed by atoms with Crippen LogP contribution in [-0.2, 0) is 33.3 Å². The minimum Gasteiger partial charge on any atom is -0.458 e. The van der Waals surface area contributed by atoms with Crippen LogP contribution < -0.4 is 10.6 Å². The van der Waals surface area contributed by atoms with Crippen molar-refractivity contribution >= 4 is 34.8 Å². The lowest BCUT2D eigenvalue weighted by molar-refractivity contribution is -0.296. The molecule has 3 N–H and O–H groups in total. The van der Waals surface area contributed by atoms with Crippen LogP contribution in [0.5, 0.6) is 0 Å². The Balaban J connectivity index is 0.00000696. The number of aliphatic hydroxyl groups excluding tert-OH is 1. The molecule has 2 aromatic rings. The van der Waals surface area contributed by atoms with Crippen LogP contribution >= 0.6 is 0 Å². The van der Waals surface area contributed by atoms with E-state index in [9.17, 15) is 19.5 Å². The van der Waals surface area contributed by atoms with Crippen molar-refractivity contribution in [2.75, 3.05) is 27.2 Å². The number of esters is 1. The van der Waals surface area contributed by atoms with Crippen LogP contribution in [0.15, 0.2) is 42.6 Å². The first-order chi connectivity index (χ1) is 26.0. The number of para-hydroxylation sites is 1.